The lowest BCUT2D eigenvalue weighted by Gasteiger charge is -2.35. The molecular weight excluding hydrogens is 559 g/mol. The van der Waals surface area contributed by atoms with Gasteiger partial charge in [0.05, 0.1) is 32.7 Å². The van der Waals surface area contributed by atoms with Gasteiger partial charge in [0.2, 0.25) is 0 Å². The van der Waals surface area contributed by atoms with E-state index < -0.39 is 17.5 Å². The summed E-state index contributed by atoms with van der Waals surface area (Å²) in [6.07, 6.45) is 0.859. The molecule has 43 heavy (non-hydrogen) atoms. The number of rotatable bonds is 6. The summed E-state index contributed by atoms with van der Waals surface area (Å²) in [5.74, 6) is -2.35. The highest BCUT2D eigenvalue weighted by atomic mass is 19.2. The van der Waals surface area contributed by atoms with Gasteiger partial charge in [-0.25, -0.2) is 13.2 Å². The Morgan fingerprint density at radius 1 is 0.721 bits per heavy atom. The fourth-order valence-electron chi connectivity index (χ4n) is 6.03. The number of benzene rings is 3. The first-order valence-electron chi connectivity index (χ1n) is 14.9. The molecule has 3 aliphatic rings. The van der Waals surface area contributed by atoms with Crippen LogP contribution in [0.4, 0.5) is 18.9 Å². The summed E-state index contributed by atoms with van der Waals surface area (Å²) in [6.45, 7) is 6.43. The molecule has 3 aliphatic heterocycles. The molecule has 0 unspecified atom stereocenters. The van der Waals surface area contributed by atoms with Crippen LogP contribution in [0, 0.1) is 17.5 Å². The minimum Gasteiger partial charge on any atom is -0.484 e. The van der Waals surface area contributed by atoms with E-state index in [2.05, 4.69) is 15.5 Å². The second-order valence-electron chi connectivity index (χ2n) is 11.3. The predicted octanol–water partition coefficient (Wildman–Crippen LogP) is 1.47. The molecule has 0 saturated carbocycles. The number of hydrogen-bond acceptors (Lipinski definition) is 4. The van der Waals surface area contributed by atoms with Gasteiger partial charge in [0, 0.05) is 55.0 Å². The molecule has 3 aromatic rings. The lowest BCUT2D eigenvalue weighted by Crippen LogP contribution is -2.89. The van der Waals surface area contributed by atoms with Crippen molar-refractivity contribution in [2.45, 2.75) is 12.5 Å². The summed E-state index contributed by atoms with van der Waals surface area (Å²) in [5.41, 5.74) is 2.33. The zero-order valence-electron chi connectivity index (χ0n) is 23.9. The Hall–Kier alpha value is -4.09. The van der Waals surface area contributed by atoms with Crippen molar-refractivity contribution in [3.63, 3.8) is 0 Å². The molecule has 226 valence electrons. The third-order valence-corrected chi connectivity index (χ3v) is 8.43. The number of hydrogen-bond donors (Lipinski definition) is 2. The van der Waals surface area contributed by atoms with Crippen LogP contribution in [-0.2, 0) is 0 Å². The fourth-order valence-corrected chi connectivity index (χ4v) is 6.03. The molecule has 0 aliphatic carbocycles. The summed E-state index contributed by atoms with van der Waals surface area (Å²) in [5, 5.41) is 4.37. The molecule has 0 spiro atoms. The van der Waals surface area contributed by atoms with Crippen molar-refractivity contribution < 1.29 is 38.1 Å². The van der Waals surface area contributed by atoms with Gasteiger partial charge in [-0.2, -0.15) is 0 Å². The number of carbonyl (C=O) groups excluding carboxylic acids is 2. The van der Waals surface area contributed by atoms with Crippen molar-refractivity contribution in [3.8, 4) is 16.9 Å². The Labute approximate surface area is 248 Å². The number of nitrogens with zero attached hydrogens (tertiary/aromatic N) is 3. The van der Waals surface area contributed by atoms with Crippen molar-refractivity contribution in [1.29, 1.82) is 0 Å². The number of anilines is 1. The average molecular weight is 596 g/mol. The monoisotopic (exact) mass is 595 g/mol. The van der Waals surface area contributed by atoms with Gasteiger partial charge >= 0.3 is 0 Å². The third-order valence-electron chi connectivity index (χ3n) is 8.43. The van der Waals surface area contributed by atoms with E-state index in [0.29, 0.717) is 59.9 Å². The quantitative estimate of drug-likeness (QED) is 0.452. The first kappa shape index (κ1) is 29.0. The Morgan fingerprint density at radius 2 is 1.44 bits per heavy atom. The number of nitrogens with two attached hydrogens (primary N) is 2. The van der Waals surface area contributed by atoms with Crippen molar-refractivity contribution in [1.82, 2.24) is 9.80 Å². The van der Waals surface area contributed by atoms with Crippen molar-refractivity contribution in [2.75, 3.05) is 70.3 Å². The maximum atomic E-state index is 14.5. The van der Waals surface area contributed by atoms with Crippen LogP contribution in [0.25, 0.3) is 11.1 Å². The summed E-state index contributed by atoms with van der Waals surface area (Å²) >= 11 is 0. The van der Waals surface area contributed by atoms with Gasteiger partial charge in [0.1, 0.15) is 18.1 Å². The highest BCUT2D eigenvalue weighted by Gasteiger charge is 2.28. The van der Waals surface area contributed by atoms with Crippen LogP contribution in [0.3, 0.4) is 0 Å². The highest BCUT2D eigenvalue weighted by molar-refractivity contribution is 5.97. The molecule has 2 amide bonds. The fraction of sp³-hybridized carbons (Fsp3) is 0.375. The van der Waals surface area contributed by atoms with Crippen molar-refractivity contribution >= 4 is 17.5 Å². The summed E-state index contributed by atoms with van der Waals surface area (Å²) in [4.78, 5) is 32.3. The SMILES string of the molecule is O=C(c1cc(F)cc(N2CC[NH2+]CC2)c1)N1CCN(C(=O)c2ccc(O[C@H]3CC[NH2+]C3)c(-c3ccc(F)c(F)c3)c2)CC1. The van der Waals surface area contributed by atoms with Crippen molar-refractivity contribution in [3.05, 3.63) is 83.2 Å². The van der Waals surface area contributed by atoms with E-state index in [1.807, 2.05) is 0 Å². The van der Waals surface area contributed by atoms with Gasteiger partial charge in [-0.05, 0) is 54.1 Å². The predicted molar refractivity (Wildman–Crippen MR) is 155 cm³/mol. The maximum absolute atomic E-state index is 14.5. The number of quaternary nitrogens is 2. The minimum atomic E-state index is -0.977. The molecule has 3 saturated heterocycles. The van der Waals surface area contributed by atoms with Crippen LogP contribution < -0.4 is 20.3 Å². The molecule has 6 rings (SSSR count). The first-order valence-corrected chi connectivity index (χ1v) is 14.9. The number of halogens is 3. The van der Waals surface area contributed by atoms with E-state index in [1.165, 1.54) is 18.2 Å². The van der Waals surface area contributed by atoms with Crippen LogP contribution in [-0.4, -0.2) is 93.2 Å². The summed E-state index contributed by atoms with van der Waals surface area (Å²) < 4.78 is 48.6. The van der Waals surface area contributed by atoms with Gasteiger partial charge in [-0.15, -0.1) is 0 Å². The van der Waals surface area contributed by atoms with Crippen LogP contribution in [0.2, 0.25) is 0 Å². The Kier molecular flexibility index (Phi) is 8.53. The molecule has 8 nitrogen and oxygen atoms in total. The second kappa shape index (κ2) is 12.6. The standard InChI is InChI=1S/C32H34F3N5O3/c33-24-15-23(16-25(19-24)38-9-7-36-8-10-38)32(42)40-13-11-39(12-14-40)31(41)22-2-4-30(43-26-5-6-37-20-26)27(17-22)21-1-3-28(34)29(35)18-21/h1-4,15-19,26,36-37H,5-14,20H2/p+2/t26-/m0/s1. The largest absolute Gasteiger partial charge is 0.484 e. The molecule has 3 fully saturated rings. The highest BCUT2D eigenvalue weighted by Crippen LogP contribution is 2.34. The molecule has 1 atom stereocenters. The van der Waals surface area contributed by atoms with Gasteiger partial charge in [-0.3, -0.25) is 9.59 Å². The summed E-state index contributed by atoms with van der Waals surface area (Å²) in [6, 6.07) is 13.2. The number of carbonyl (C=O) groups is 2. The van der Waals surface area contributed by atoms with Crippen LogP contribution in [0.1, 0.15) is 27.1 Å². The average Bonchev–Trinajstić information content (AvgIpc) is 3.55. The van der Waals surface area contributed by atoms with Crippen LogP contribution in [0.15, 0.2) is 54.6 Å². The molecule has 11 heteroatoms. The molecule has 3 heterocycles. The van der Waals surface area contributed by atoms with Gasteiger partial charge in [-0.1, -0.05) is 6.07 Å². The number of amides is 2. The third kappa shape index (κ3) is 6.47. The first-order chi connectivity index (χ1) is 20.9. The molecular formula is C32H36F3N5O3+2. The summed E-state index contributed by atoms with van der Waals surface area (Å²) in [7, 11) is 0. The van der Waals surface area contributed by atoms with E-state index in [1.54, 1.807) is 34.1 Å². The normalized spacial score (nSPS) is 19.0. The molecule has 3 aromatic carbocycles. The molecule has 0 bridgehead atoms. The zero-order chi connectivity index (χ0) is 29.9. The second-order valence-corrected chi connectivity index (χ2v) is 11.3. The molecule has 4 N–H and O–H groups in total. The lowest BCUT2D eigenvalue weighted by molar-refractivity contribution is -0.655. The lowest BCUT2D eigenvalue weighted by atomic mass is 10.0. The van der Waals surface area contributed by atoms with E-state index in [4.69, 9.17) is 4.74 Å². The van der Waals surface area contributed by atoms with Gasteiger partial charge in [0.25, 0.3) is 11.8 Å². The Balaban J connectivity index is 1.16. The van der Waals surface area contributed by atoms with Gasteiger partial charge < -0.3 is 30.1 Å². The topological polar surface area (TPSA) is 86.3 Å². The van der Waals surface area contributed by atoms with E-state index in [9.17, 15) is 22.8 Å². The molecule has 0 aromatic heterocycles. The number of piperazine rings is 2. The van der Waals surface area contributed by atoms with Crippen molar-refractivity contribution in [2.24, 2.45) is 0 Å². The maximum Gasteiger partial charge on any atom is 0.254 e. The van der Waals surface area contributed by atoms with Crippen LogP contribution >= 0.6 is 0 Å². The smallest absolute Gasteiger partial charge is 0.254 e. The van der Waals surface area contributed by atoms with E-state index in [-0.39, 0.29) is 17.9 Å². The van der Waals surface area contributed by atoms with Crippen LogP contribution in [0.5, 0.6) is 5.75 Å². The van der Waals surface area contributed by atoms with E-state index in [0.717, 1.165) is 57.8 Å². The number of ether oxygens (including phenoxy) is 1. The minimum absolute atomic E-state index is 0.0104. The Bertz CT molecular complexity index is 1500. The Morgan fingerprint density at radius 3 is 2.12 bits per heavy atom. The zero-order valence-corrected chi connectivity index (χ0v) is 23.9. The van der Waals surface area contributed by atoms with E-state index >= 15 is 0 Å². The van der Waals surface area contributed by atoms with Gasteiger partial charge in [0.15, 0.2) is 17.7 Å². The molecule has 0 radical (unpaired) electrons.